The fourth-order valence-corrected chi connectivity index (χ4v) is 0.385. The number of aliphatic carboxylic acids is 1. The molecule has 0 fully saturated rings. The average Bonchev–Trinajstić information content (AvgIpc) is 1.87. The first kappa shape index (κ1) is 9.06. The molecule has 0 heterocycles. The van der Waals surface area contributed by atoms with E-state index in [0.717, 1.165) is 0 Å². The highest BCUT2D eigenvalue weighted by Crippen LogP contribution is 1.89. The van der Waals surface area contributed by atoms with E-state index < -0.39 is 24.3 Å². The number of carboxylic acids is 1. The summed E-state index contributed by atoms with van der Waals surface area (Å²) in [6.07, 6.45) is -1.45. The van der Waals surface area contributed by atoms with Gasteiger partial charge in [0.1, 0.15) is 0 Å². The number of Topliss-reactive ketones (excluding diaryl/α,β-unsaturated/α-hetero) is 1. The van der Waals surface area contributed by atoms with Crippen LogP contribution in [0.3, 0.4) is 0 Å². The summed E-state index contributed by atoms with van der Waals surface area (Å²) in [6.45, 7) is -0.0982. The molecular formula is C5H9NO4. The number of aliphatic hydroxyl groups is 1. The number of hydrogen-bond donors (Lipinski definition) is 3. The summed E-state index contributed by atoms with van der Waals surface area (Å²) < 4.78 is 0. The minimum atomic E-state index is -1.53. The number of carbonyl (C=O) groups is 2. The van der Waals surface area contributed by atoms with Crippen LogP contribution >= 0.6 is 0 Å². The highest BCUT2D eigenvalue weighted by atomic mass is 16.4. The molecule has 0 aromatic carbocycles. The van der Waals surface area contributed by atoms with Gasteiger partial charge in [-0.3, -0.25) is 4.79 Å². The third-order valence-corrected chi connectivity index (χ3v) is 0.932. The lowest BCUT2D eigenvalue weighted by atomic mass is 10.2. The smallest absolute Gasteiger partial charge is 0.372 e. The van der Waals surface area contributed by atoms with Gasteiger partial charge < -0.3 is 15.9 Å². The van der Waals surface area contributed by atoms with Gasteiger partial charge in [0, 0.05) is 13.0 Å². The van der Waals surface area contributed by atoms with Gasteiger partial charge in [-0.2, -0.15) is 0 Å². The number of carbonyl (C=O) groups excluding carboxylic acids is 1. The maximum atomic E-state index is 10.3. The fourth-order valence-electron chi connectivity index (χ4n) is 0.385. The van der Waals surface area contributed by atoms with Crippen LogP contribution in [-0.4, -0.2) is 34.6 Å². The van der Waals surface area contributed by atoms with Crippen LogP contribution in [0.2, 0.25) is 0 Å². The van der Waals surface area contributed by atoms with Gasteiger partial charge in [-0.05, 0) is 0 Å². The molecular weight excluding hydrogens is 138 g/mol. The first-order valence-corrected chi connectivity index (χ1v) is 2.72. The molecule has 5 nitrogen and oxygen atoms in total. The van der Waals surface area contributed by atoms with E-state index in [4.69, 9.17) is 15.9 Å². The van der Waals surface area contributed by atoms with Crippen molar-refractivity contribution in [2.75, 3.05) is 6.54 Å². The number of ketones is 1. The molecule has 0 amide bonds. The third kappa shape index (κ3) is 3.16. The van der Waals surface area contributed by atoms with Gasteiger partial charge in [0.05, 0.1) is 6.10 Å². The molecule has 4 N–H and O–H groups in total. The maximum Gasteiger partial charge on any atom is 0.372 e. The highest BCUT2D eigenvalue weighted by Gasteiger charge is 2.15. The van der Waals surface area contributed by atoms with E-state index in [9.17, 15) is 9.59 Å². The van der Waals surface area contributed by atoms with Crippen LogP contribution < -0.4 is 5.73 Å². The molecule has 0 aliphatic rings. The van der Waals surface area contributed by atoms with E-state index in [1.54, 1.807) is 0 Å². The Labute approximate surface area is 57.5 Å². The molecule has 0 bridgehead atoms. The Balaban J connectivity index is 3.68. The van der Waals surface area contributed by atoms with Gasteiger partial charge in [0.2, 0.25) is 5.78 Å². The van der Waals surface area contributed by atoms with Crippen molar-refractivity contribution < 1.29 is 19.8 Å². The van der Waals surface area contributed by atoms with Gasteiger partial charge >= 0.3 is 5.97 Å². The number of aliphatic hydroxyl groups excluding tert-OH is 1. The molecule has 1 atom stereocenters. The summed E-state index contributed by atoms with van der Waals surface area (Å²) in [4.78, 5) is 20.1. The lowest BCUT2D eigenvalue weighted by Crippen LogP contribution is -2.26. The lowest BCUT2D eigenvalue weighted by molar-refractivity contribution is -0.150. The van der Waals surface area contributed by atoms with Crippen molar-refractivity contribution in [3.63, 3.8) is 0 Å². The Morgan fingerprint density at radius 1 is 1.50 bits per heavy atom. The van der Waals surface area contributed by atoms with Crippen molar-refractivity contribution in [3.8, 4) is 0 Å². The Bertz CT molecular complexity index is 145. The predicted octanol–water partition coefficient (Wildman–Crippen LogP) is -1.65. The Morgan fingerprint density at radius 2 is 2.00 bits per heavy atom. The van der Waals surface area contributed by atoms with E-state index in [1.165, 1.54) is 0 Å². The summed E-state index contributed by atoms with van der Waals surface area (Å²) in [6, 6.07) is 0. The zero-order chi connectivity index (χ0) is 8.15. The molecule has 0 spiro atoms. The van der Waals surface area contributed by atoms with Gasteiger partial charge in [0.15, 0.2) is 0 Å². The summed E-state index contributed by atoms with van der Waals surface area (Å²) in [7, 11) is 0. The predicted molar refractivity (Wildman–Crippen MR) is 32.3 cm³/mol. The normalized spacial score (nSPS) is 12.6. The third-order valence-electron chi connectivity index (χ3n) is 0.932. The van der Waals surface area contributed by atoms with Crippen LogP contribution in [0.4, 0.5) is 0 Å². The molecule has 0 rings (SSSR count). The lowest BCUT2D eigenvalue weighted by Gasteiger charge is -2.01. The van der Waals surface area contributed by atoms with E-state index in [0.29, 0.717) is 0 Å². The topological polar surface area (TPSA) is 101 Å². The molecule has 0 radical (unpaired) electrons. The number of nitrogens with two attached hydrogens (primary N) is 1. The molecule has 10 heavy (non-hydrogen) atoms. The van der Waals surface area contributed by atoms with Crippen LogP contribution in [0.15, 0.2) is 0 Å². The molecule has 0 aromatic heterocycles. The van der Waals surface area contributed by atoms with Gasteiger partial charge in [0.25, 0.3) is 0 Å². The second-order valence-electron chi connectivity index (χ2n) is 1.82. The molecule has 0 saturated carbocycles. The SMILES string of the molecule is NC[C@H](O)CC(=O)C(=O)O. The molecule has 0 unspecified atom stereocenters. The number of rotatable bonds is 4. The highest BCUT2D eigenvalue weighted by molar-refractivity contribution is 6.32. The largest absolute Gasteiger partial charge is 0.475 e. The minimum absolute atomic E-state index is 0.0982. The molecule has 58 valence electrons. The Kier molecular flexibility index (Phi) is 3.60. The monoisotopic (exact) mass is 147 g/mol. The Morgan fingerprint density at radius 3 is 2.30 bits per heavy atom. The average molecular weight is 147 g/mol. The van der Waals surface area contributed by atoms with Crippen molar-refractivity contribution in [3.05, 3.63) is 0 Å². The first-order valence-electron chi connectivity index (χ1n) is 2.72. The second-order valence-corrected chi connectivity index (χ2v) is 1.82. The van der Waals surface area contributed by atoms with Crippen LogP contribution in [-0.2, 0) is 9.59 Å². The van der Waals surface area contributed by atoms with Crippen LogP contribution in [0, 0.1) is 0 Å². The maximum absolute atomic E-state index is 10.3. The second kappa shape index (κ2) is 3.97. The molecule has 0 aliphatic carbocycles. The van der Waals surface area contributed by atoms with Gasteiger partial charge in [-0.25, -0.2) is 4.79 Å². The minimum Gasteiger partial charge on any atom is -0.475 e. The summed E-state index contributed by atoms with van der Waals surface area (Å²) in [5, 5.41) is 16.7. The summed E-state index contributed by atoms with van der Waals surface area (Å²) in [5.74, 6) is -2.55. The van der Waals surface area contributed by atoms with E-state index in [-0.39, 0.29) is 6.54 Å². The van der Waals surface area contributed by atoms with E-state index in [2.05, 4.69) is 0 Å². The fraction of sp³-hybridized carbons (Fsp3) is 0.600. The number of hydrogen-bond acceptors (Lipinski definition) is 4. The van der Waals surface area contributed by atoms with Crippen molar-refractivity contribution in [1.82, 2.24) is 0 Å². The van der Waals surface area contributed by atoms with Crippen molar-refractivity contribution in [1.29, 1.82) is 0 Å². The number of carboxylic acid groups (broad SMARTS) is 1. The molecule has 0 saturated heterocycles. The standard InChI is InChI=1S/C5H9NO4/c6-2-3(7)1-4(8)5(9)10/h3,7H,1-2,6H2,(H,9,10)/t3-/m1/s1. The zero-order valence-corrected chi connectivity index (χ0v) is 5.28. The summed E-state index contributed by atoms with van der Waals surface area (Å²) in [5.41, 5.74) is 4.93. The van der Waals surface area contributed by atoms with E-state index >= 15 is 0 Å². The van der Waals surface area contributed by atoms with Crippen LogP contribution in [0.5, 0.6) is 0 Å². The molecule has 0 aromatic rings. The van der Waals surface area contributed by atoms with Crippen molar-refractivity contribution in [2.45, 2.75) is 12.5 Å². The van der Waals surface area contributed by atoms with Crippen molar-refractivity contribution in [2.24, 2.45) is 5.73 Å². The van der Waals surface area contributed by atoms with Gasteiger partial charge in [-0.1, -0.05) is 0 Å². The Hall–Kier alpha value is -0.940. The molecule has 5 heteroatoms. The van der Waals surface area contributed by atoms with Gasteiger partial charge in [-0.15, -0.1) is 0 Å². The zero-order valence-electron chi connectivity index (χ0n) is 5.28. The molecule has 0 aliphatic heterocycles. The quantitative estimate of drug-likeness (QED) is 0.413. The van der Waals surface area contributed by atoms with E-state index in [1.807, 2.05) is 0 Å². The van der Waals surface area contributed by atoms with Crippen molar-refractivity contribution >= 4 is 11.8 Å². The summed E-state index contributed by atoms with van der Waals surface area (Å²) >= 11 is 0. The first-order chi connectivity index (χ1) is 4.57. The van der Waals surface area contributed by atoms with Crippen LogP contribution in [0.25, 0.3) is 0 Å². The van der Waals surface area contributed by atoms with Crippen LogP contribution in [0.1, 0.15) is 6.42 Å².